The first-order valence-electron chi connectivity index (χ1n) is 8.43. The van der Waals surface area contributed by atoms with Crippen molar-refractivity contribution in [2.24, 2.45) is 0 Å². The molecule has 0 atom stereocenters. The number of ether oxygens (including phenoxy) is 1. The normalized spacial score (nSPS) is 21.0. The van der Waals surface area contributed by atoms with Gasteiger partial charge in [-0.3, -0.25) is 4.90 Å². The smallest absolute Gasteiger partial charge is 0.129 e. The third-order valence-electron chi connectivity index (χ3n) is 4.99. The van der Waals surface area contributed by atoms with Crippen molar-refractivity contribution in [1.29, 1.82) is 0 Å². The number of hydrogen-bond donors (Lipinski definition) is 0. The molecule has 0 saturated carbocycles. The van der Waals surface area contributed by atoms with Gasteiger partial charge in [-0.15, -0.1) is 0 Å². The quantitative estimate of drug-likeness (QED) is 0.845. The van der Waals surface area contributed by atoms with Crippen LogP contribution in [0, 0.1) is 0 Å². The van der Waals surface area contributed by atoms with Gasteiger partial charge in [0.1, 0.15) is 5.82 Å². The molecular formula is C18H22ClN3O. The summed E-state index contributed by atoms with van der Waals surface area (Å²) in [5, 5.41) is 1.86. The van der Waals surface area contributed by atoms with Gasteiger partial charge >= 0.3 is 0 Å². The highest BCUT2D eigenvalue weighted by Gasteiger charge is 2.26. The van der Waals surface area contributed by atoms with E-state index in [2.05, 4.69) is 21.9 Å². The molecular weight excluding hydrogens is 310 g/mol. The number of fused-ring (bicyclic) bond motifs is 1. The molecule has 2 saturated heterocycles. The Hall–Kier alpha value is -1.36. The number of piperidine rings is 1. The van der Waals surface area contributed by atoms with E-state index in [1.807, 2.05) is 18.2 Å². The lowest BCUT2D eigenvalue weighted by Gasteiger charge is -2.40. The molecule has 0 amide bonds. The Kier molecular flexibility index (Phi) is 4.38. The van der Waals surface area contributed by atoms with Crippen molar-refractivity contribution in [2.45, 2.75) is 18.9 Å². The summed E-state index contributed by atoms with van der Waals surface area (Å²) in [7, 11) is 0. The molecule has 0 unspecified atom stereocenters. The maximum Gasteiger partial charge on any atom is 0.129 e. The first-order chi connectivity index (χ1) is 11.3. The number of hydrogen-bond acceptors (Lipinski definition) is 4. The van der Waals surface area contributed by atoms with Gasteiger partial charge < -0.3 is 9.64 Å². The van der Waals surface area contributed by atoms with Gasteiger partial charge in [0.2, 0.25) is 0 Å². The summed E-state index contributed by atoms with van der Waals surface area (Å²) in [4.78, 5) is 9.81. The van der Waals surface area contributed by atoms with E-state index in [4.69, 9.17) is 21.3 Å². The lowest BCUT2D eigenvalue weighted by atomic mass is 10.0. The largest absolute Gasteiger partial charge is 0.379 e. The topological polar surface area (TPSA) is 28.6 Å². The van der Waals surface area contributed by atoms with E-state index in [-0.39, 0.29) is 0 Å². The molecule has 3 heterocycles. The van der Waals surface area contributed by atoms with Crippen LogP contribution in [0.25, 0.3) is 10.9 Å². The maximum absolute atomic E-state index is 6.05. The minimum atomic E-state index is 0.703. The summed E-state index contributed by atoms with van der Waals surface area (Å²) in [6.45, 7) is 6.09. The highest BCUT2D eigenvalue weighted by molar-refractivity contribution is 6.31. The molecule has 2 aromatic rings. The van der Waals surface area contributed by atoms with Crippen molar-refractivity contribution in [2.75, 3.05) is 44.3 Å². The molecule has 0 bridgehead atoms. The van der Waals surface area contributed by atoms with Crippen LogP contribution in [0.1, 0.15) is 12.8 Å². The molecule has 2 fully saturated rings. The van der Waals surface area contributed by atoms with Crippen LogP contribution in [-0.2, 0) is 4.74 Å². The van der Waals surface area contributed by atoms with Crippen LogP contribution in [0.3, 0.4) is 0 Å². The Bertz CT molecular complexity index is 679. The predicted octanol–water partition coefficient (Wildman–Crippen LogP) is 3.19. The molecule has 122 valence electrons. The third kappa shape index (κ3) is 3.30. The van der Waals surface area contributed by atoms with Crippen molar-refractivity contribution >= 4 is 28.3 Å². The van der Waals surface area contributed by atoms with Gasteiger partial charge in [-0.1, -0.05) is 11.6 Å². The van der Waals surface area contributed by atoms with E-state index >= 15 is 0 Å². The predicted molar refractivity (Wildman–Crippen MR) is 94.4 cm³/mol. The molecule has 4 nitrogen and oxygen atoms in total. The standard InChI is InChI=1S/C18H22ClN3O/c19-15-2-3-17-14(13-15)1-4-18(20-17)22-7-5-16(6-8-22)21-9-11-23-12-10-21/h1-4,13,16H,5-12H2. The van der Waals surface area contributed by atoms with Crippen LogP contribution in [-0.4, -0.2) is 55.3 Å². The highest BCUT2D eigenvalue weighted by atomic mass is 35.5. The second-order valence-corrected chi connectivity index (χ2v) is 6.81. The van der Waals surface area contributed by atoms with Gasteiger partial charge in [0.15, 0.2) is 0 Å². The molecule has 1 aromatic carbocycles. The number of rotatable bonds is 2. The van der Waals surface area contributed by atoms with Crippen LogP contribution in [0.4, 0.5) is 5.82 Å². The number of anilines is 1. The van der Waals surface area contributed by atoms with Crippen molar-refractivity contribution in [3.05, 3.63) is 35.4 Å². The number of pyridine rings is 1. The molecule has 23 heavy (non-hydrogen) atoms. The molecule has 0 N–H and O–H groups in total. The summed E-state index contributed by atoms with van der Waals surface area (Å²) >= 11 is 6.05. The molecule has 0 spiro atoms. The van der Waals surface area contributed by atoms with Gasteiger partial charge in [0, 0.05) is 42.6 Å². The van der Waals surface area contributed by atoms with Crippen LogP contribution in [0.2, 0.25) is 5.02 Å². The van der Waals surface area contributed by atoms with Crippen molar-refractivity contribution in [3.63, 3.8) is 0 Å². The van der Waals surface area contributed by atoms with Crippen LogP contribution in [0.5, 0.6) is 0 Å². The highest BCUT2D eigenvalue weighted by Crippen LogP contribution is 2.25. The average Bonchev–Trinajstić information content (AvgIpc) is 2.62. The van der Waals surface area contributed by atoms with E-state index in [1.54, 1.807) is 0 Å². The molecule has 2 aliphatic heterocycles. The number of morpholine rings is 1. The number of aromatic nitrogens is 1. The first-order valence-corrected chi connectivity index (χ1v) is 8.80. The Balaban J connectivity index is 1.44. The van der Waals surface area contributed by atoms with E-state index in [0.29, 0.717) is 6.04 Å². The third-order valence-corrected chi connectivity index (χ3v) is 5.22. The van der Waals surface area contributed by atoms with E-state index in [1.165, 1.54) is 12.8 Å². The van der Waals surface area contributed by atoms with Crippen molar-refractivity contribution in [3.8, 4) is 0 Å². The number of benzene rings is 1. The summed E-state index contributed by atoms with van der Waals surface area (Å²) in [6.07, 6.45) is 2.42. The molecule has 5 heteroatoms. The van der Waals surface area contributed by atoms with Crippen LogP contribution >= 0.6 is 11.6 Å². The lowest BCUT2D eigenvalue weighted by Crippen LogP contribution is -2.49. The minimum Gasteiger partial charge on any atom is -0.379 e. The Morgan fingerprint density at radius 1 is 1.00 bits per heavy atom. The Labute approximate surface area is 142 Å². The lowest BCUT2D eigenvalue weighted by molar-refractivity contribution is 0.0115. The summed E-state index contributed by atoms with van der Waals surface area (Å²) in [5.74, 6) is 1.08. The van der Waals surface area contributed by atoms with Gasteiger partial charge in [-0.25, -0.2) is 4.98 Å². The minimum absolute atomic E-state index is 0.703. The second-order valence-electron chi connectivity index (χ2n) is 6.37. The first kappa shape index (κ1) is 15.2. The molecule has 0 radical (unpaired) electrons. The van der Waals surface area contributed by atoms with E-state index in [0.717, 1.165) is 61.1 Å². The Morgan fingerprint density at radius 2 is 1.78 bits per heavy atom. The zero-order valence-electron chi connectivity index (χ0n) is 13.2. The summed E-state index contributed by atoms with van der Waals surface area (Å²) in [6, 6.07) is 10.8. The SMILES string of the molecule is Clc1ccc2nc(N3CCC(N4CCOCC4)CC3)ccc2c1. The van der Waals surface area contributed by atoms with Crippen LogP contribution in [0.15, 0.2) is 30.3 Å². The second kappa shape index (κ2) is 6.63. The summed E-state index contributed by atoms with van der Waals surface area (Å²) in [5.41, 5.74) is 1.02. The fraction of sp³-hybridized carbons (Fsp3) is 0.500. The van der Waals surface area contributed by atoms with Gasteiger partial charge in [0.25, 0.3) is 0 Å². The average molecular weight is 332 g/mol. The fourth-order valence-electron chi connectivity index (χ4n) is 3.66. The van der Waals surface area contributed by atoms with Crippen molar-refractivity contribution < 1.29 is 4.74 Å². The molecule has 0 aliphatic carbocycles. The van der Waals surface area contributed by atoms with Crippen molar-refractivity contribution in [1.82, 2.24) is 9.88 Å². The monoisotopic (exact) mass is 331 g/mol. The molecule has 2 aliphatic rings. The zero-order valence-corrected chi connectivity index (χ0v) is 14.0. The van der Waals surface area contributed by atoms with Gasteiger partial charge in [0.05, 0.1) is 18.7 Å². The van der Waals surface area contributed by atoms with E-state index in [9.17, 15) is 0 Å². The number of nitrogens with zero attached hydrogens (tertiary/aromatic N) is 3. The zero-order chi connectivity index (χ0) is 15.6. The summed E-state index contributed by atoms with van der Waals surface area (Å²) < 4.78 is 5.46. The van der Waals surface area contributed by atoms with E-state index < -0.39 is 0 Å². The molecule has 1 aromatic heterocycles. The molecule has 4 rings (SSSR count). The van der Waals surface area contributed by atoms with Gasteiger partial charge in [-0.2, -0.15) is 0 Å². The van der Waals surface area contributed by atoms with Gasteiger partial charge in [-0.05, 0) is 43.2 Å². The Morgan fingerprint density at radius 3 is 2.57 bits per heavy atom. The maximum atomic E-state index is 6.05. The number of halogens is 1. The van der Waals surface area contributed by atoms with Crippen LogP contribution < -0.4 is 4.90 Å². The fourth-order valence-corrected chi connectivity index (χ4v) is 3.85.